The van der Waals surface area contributed by atoms with Crippen LogP contribution < -0.4 is 10.9 Å². The summed E-state index contributed by atoms with van der Waals surface area (Å²) in [6.07, 6.45) is 2.78. The molecular formula is C20H23N3O2S2. The molecule has 2 heterocycles. The van der Waals surface area contributed by atoms with Gasteiger partial charge in [-0.15, -0.1) is 11.3 Å². The fraction of sp³-hybridized carbons (Fsp3) is 0.350. The van der Waals surface area contributed by atoms with Crippen molar-refractivity contribution in [2.24, 2.45) is 0 Å². The van der Waals surface area contributed by atoms with Crippen molar-refractivity contribution in [3.05, 3.63) is 57.0 Å². The van der Waals surface area contributed by atoms with Crippen LogP contribution in [0.4, 0.5) is 0 Å². The van der Waals surface area contributed by atoms with E-state index in [-0.39, 0.29) is 17.2 Å². The number of fused-ring (bicyclic) bond motifs is 1. The number of hydrogen-bond acceptors (Lipinski definition) is 5. The van der Waals surface area contributed by atoms with Gasteiger partial charge in [0, 0.05) is 18.0 Å². The number of hydrogen-bond donors (Lipinski definition) is 1. The smallest absolute Gasteiger partial charge is 0.262 e. The second kappa shape index (κ2) is 9.71. The SMILES string of the molecule is CCCCNC(=O)CSc1nc2ccccc2c(=O)n1CCc1cccs1. The van der Waals surface area contributed by atoms with Crippen LogP contribution in [0.3, 0.4) is 0 Å². The molecule has 0 aliphatic carbocycles. The zero-order chi connectivity index (χ0) is 19.1. The molecule has 0 bridgehead atoms. The fourth-order valence-corrected chi connectivity index (χ4v) is 4.27. The molecule has 3 rings (SSSR count). The van der Waals surface area contributed by atoms with Gasteiger partial charge in [0.25, 0.3) is 5.56 Å². The standard InChI is InChI=1S/C20H23N3O2S2/c1-2-3-11-21-18(24)14-27-20-22-17-9-5-4-8-16(17)19(25)23(20)12-10-15-7-6-13-26-15/h4-9,13H,2-3,10-12,14H2,1H3,(H,21,24). The highest BCUT2D eigenvalue weighted by Gasteiger charge is 2.13. The number of unbranched alkanes of at least 4 members (excludes halogenated alkanes) is 1. The topological polar surface area (TPSA) is 64.0 Å². The minimum absolute atomic E-state index is 0.0272. The molecule has 2 aromatic heterocycles. The number of amides is 1. The summed E-state index contributed by atoms with van der Waals surface area (Å²) in [6.45, 7) is 3.33. The number of nitrogens with zero attached hydrogens (tertiary/aromatic N) is 2. The first kappa shape index (κ1) is 19.6. The molecule has 0 spiro atoms. The molecule has 5 nitrogen and oxygen atoms in total. The van der Waals surface area contributed by atoms with Gasteiger partial charge in [0.1, 0.15) is 0 Å². The molecule has 0 unspecified atom stereocenters. The first-order valence-corrected chi connectivity index (χ1v) is 11.0. The Kier molecular flexibility index (Phi) is 7.06. The number of benzene rings is 1. The molecule has 1 aromatic carbocycles. The third-order valence-corrected chi connectivity index (χ3v) is 6.09. The average molecular weight is 402 g/mol. The number of rotatable bonds is 9. The van der Waals surface area contributed by atoms with Gasteiger partial charge in [-0.05, 0) is 36.4 Å². The molecule has 0 aliphatic heterocycles. The molecule has 1 amide bonds. The lowest BCUT2D eigenvalue weighted by molar-refractivity contribution is -0.118. The van der Waals surface area contributed by atoms with Gasteiger partial charge >= 0.3 is 0 Å². The van der Waals surface area contributed by atoms with Crippen molar-refractivity contribution in [3.8, 4) is 0 Å². The van der Waals surface area contributed by atoms with Crippen LogP contribution >= 0.6 is 23.1 Å². The molecule has 1 N–H and O–H groups in total. The van der Waals surface area contributed by atoms with E-state index in [2.05, 4.69) is 23.3 Å². The summed E-state index contributed by atoms with van der Waals surface area (Å²) in [7, 11) is 0. The maximum atomic E-state index is 13.0. The summed E-state index contributed by atoms with van der Waals surface area (Å²) < 4.78 is 1.70. The average Bonchev–Trinajstić information content (AvgIpc) is 3.19. The number of aryl methyl sites for hydroxylation is 1. The van der Waals surface area contributed by atoms with Crippen molar-refractivity contribution in [2.45, 2.75) is 37.9 Å². The maximum Gasteiger partial charge on any atom is 0.262 e. The Bertz CT molecular complexity index is 952. The predicted molar refractivity (Wildman–Crippen MR) is 113 cm³/mol. The third kappa shape index (κ3) is 5.20. The Morgan fingerprint density at radius 2 is 2.11 bits per heavy atom. The monoisotopic (exact) mass is 401 g/mol. The van der Waals surface area contributed by atoms with Crippen LogP contribution in [0.1, 0.15) is 24.6 Å². The first-order valence-electron chi connectivity index (χ1n) is 9.10. The van der Waals surface area contributed by atoms with Crippen molar-refractivity contribution >= 4 is 39.9 Å². The molecular weight excluding hydrogens is 378 g/mol. The minimum atomic E-state index is -0.0500. The summed E-state index contributed by atoms with van der Waals surface area (Å²) in [6, 6.07) is 11.4. The summed E-state index contributed by atoms with van der Waals surface area (Å²) >= 11 is 3.00. The molecule has 0 radical (unpaired) electrons. The highest BCUT2D eigenvalue weighted by Crippen LogP contribution is 2.19. The van der Waals surface area contributed by atoms with E-state index < -0.39 is 0 Å². The van der Waals surface area contributed by atoms with E-state index in [9.17, 15) is 9.59 Å². The first-order chi connectivity index (χ1) is 13.2. The van der Waals surface area contributed by atoms with Gasteiger partial charge in [-0.3, -0.25) is 14.2 Å². The molecule has 0 aliphatic rings. The van der Waals surface area contributed by atoms with Crippen LogP contribution in [0.5, 0.6) is 0 Å². The van der Waals surface area contributed by atoms with Gasteiger partial charge in [0.2, 0.25) is 5.91 Å². The summed E-state index contributed by atoms with van der Waals surface area (Å²) in [5.74, 6) is 0.230. The number of thioether (sulfide) groups is 1. The highest BCUT2D eigenvalue weighted by molar-refractivity contribution is 7.99. The lowest BCUT2D eigenvalue weighted by Crippen LogP contribution is -2.28. The van der Waals surface area contributed by atoms with E-state index in [1.165, 1.54) is 16.6 Å². The Morgan fingerprint density at radius 1 is 1.26 bits per heavy atom. The van der Waals surface area contributed by atoms with E-state index in [4.69, 9.17) is 0 Å². The Morgan fingerprint density at radius 3 is 2.89 bits per heavy atom. The van der Waals surface area contributed by atoms with Gasteiger partial charge in [0.05, 0.1) is 16.7 Å². The van der Waals surface area contributed by atoms with E-state index >= 15 is 0 Å². The molecule has 0 saturated heterocycles. The number of para-hydroxylation sites is 1. The van der Waals surface area contributed by atoms with Crippen LogP contribution in [0, 0.1) is 0 Å². The van der Waals surface area contributed by atoms with Crippen LogP contribution in [-0.2, 0) is 17.8 Å². The minimum Gasteiger partial charge on any atom is -0.355 e. The number of aromatic nitrogens is 2. The van der Waals surface area contributed by atoms with Crippen LogP contribution in [-0.4, -0.2) is 27.8 Å². The molecule has 3 aromatic rings. The number of thiophene rings is 1. The highest BCUT2D eigenvalue weighted by atomic mass is 32.2. The lowest BCUT2D eigenvalue weighted by atomic mass is 10.2. The largest absolute Gasteiger partial charge is 0.355 e. The molecule has 142 valence electrons. The van der Waals surface area contributed by atoms with Gasteiger partial charge in [-0.2, -0.15) is 0 Å². The number of carbonyl (C=O) groups is 1. The molecule has 27 heavy (non-hydrogen) atoms. The third-order valence-electron chi connectivity index (χ3n) is 4.17. The maximum absolute atomic E-state index is 13.0. The molecule has 0 saturated carbocycles. The van der Waals surface area contributed by atoms with E-state index in [1.54, 1.807) is 22.0 Å². The summed E-state index contributed by atoms with van der Waals surface area (Å²) in [5, 5.41) is 6.15. The van der Waals surface area contributed by atoms with Crippen LogP contribution in [0.15, 0.2) is 51.7 Å². The van der Waals surface area contributed by atoms with Gasteiger partial charge < -0.3 is 5.32 Å². The molecule has 7 heteroatoms. The van der Waals surface area contributed by atoms with Crippen LogP contribution in [0.25, 0.3) is 10.9 Å². The normalized spacial score (nSPS) is 11.0. The van der Waals surface area contributed by atoms with Gasteiger partial charge in [-0.1, -0.05) is 43.3 Å². The second-order valence-electron chi connectivity index (χ2n) is 6.19. The zero-order valence-electron chi connectivity index (χ0n) is 15.3. The quantitative estimate of drug-likeness (QED) is 0.337. The van der Waals surface area contributed by atoms with E-state index in [0.717, 1.165) is 19.3 Å². The van der Waals surface area contributed by atoms with Crippen molar-refractivity contribution in [1.29, 1.82) is 0 Å². The van der Waals surface area contributed by atoms with Crippen molar-refractivity contribution in [3.63, 3.8) is 0 Å². The van der Waals surface area contributed by atoms with Crippen molar-refractivity contribution in [1.82, 2.24) is 14.9 Å². The predicted octanol–water partition coefficient (Wildman–Crippen LogP) is 3.71. The van der Waals surface area contributed by atoms with Crippen molar-refractivity contribution < 1.29 is 4.79 Å². The molecule has 0 atom stereocenters. The van der Waals surface area contributed by atoms with E-state index in [1.807, 2.05) is 29.6 Å². The summed E-state index contributed by atoms with van der Waals surface area (Å²) in [5.41, 5.74) is 0.620. The number of nitrogens with one attached hydrogen (secondary N) is 1. The van der Waals surface area contributed by atoms with Crippen LogP contribution in [0.2, 0.25) is 0 Å². The number of carbonyl (C=O) groups excluding carboxylic acids is 1. The lowest BCUT2D eigenvalue weighted by Gasteiger charge is -2.13. The van der Waals surface area contributed by atoms with Gasteiger partial charge in [-0.25, -0.2) is 4.98 Å². The second-order valence-corrected chi connectivity index (χ2v) is 8.16. The Hall–Kier alpha value is -2.12. The van der Waals surface area contributed by atoms with E-state index in [0.29, 0.717) is 29.1 Å². The molecule has 0 fully saturated rings. The summed E-state index contributed by atoms with van der Waals surface area (Å²) in [4.78, 5) is 30.9. The zero-order valence-corrected chi connectivity index (χ0v) is 16.9. The Balaban J connectivity index is 1.81. The Labute approximate surface area is 166 Å². The fourth-order valence-electron chi connectivity index (χ4n) is 2.72. The van der Waals surface area contributed by atoms with Crippen molar-refractivity contribution in [2.75, 3.05) is 12.3 Å². The van der Waals surface area contributed by atoms with Gasteiger partial charge in [0.15, 0.2) is 5.16 Å².